The number of hydrogen-bond donors (Lipinski definition) is 0. The molecule has 0 N–H and O–H groups in total. The quantitative estimate of drug-likeness (QED) is 0.670. The summed E-state index contributed by atoms with van der Waals surface area (Å²) in [6, 6.07) is 11.0. The van der Waals surface area contributed by atoms with Crippen molar-refractivity contribution >= 4 is 17.9 Å². The van der Waals surface area contributed by atoms with E-state index in [-0.39, 0.29) is 5.78 Å². The number of benzene rings is 2. The molecule has 0 bridgehead atoms. The molecule has 5 nitrogen and oxygen atoms in total. The molecule has 26 heavy (non-hydrogen) atoms. The van der Waals surface area contributed by atoms with Gasteiger partial charge in [-0.2, -0.15) is 0 Å². The van der Waals surface area contributed by atoms with Gasteiger partial charge >= 0.3 is 0 Å². The van der Waals surface area contributed by atoms with Crippen LogP contribution in [0.4, 0.5) is 0 Å². The van der Waals surface area contributed by atoms with Crippen LogP contribution in [0.3, 0.4) is 0 Å². The van der Waals surface area contributed by atoms with Gasteiger partial charge in [0.15, 0.2) is 17.3 Å². The number of ether oxygens (including phenoxy) is 4. The summed E-state index contributed by atoms with van der Waals surface area (Å²) in [5.74, 6) is 2.23. The van der Waals surface area contributed by atoms with Gasteiger partial charge in [0.25, 0.3) is 0 Å². The average Bonchev–Trinajstić information content (AvgIpc) is 2.69. The highest BCUT2D eigenvalue weighted by Gasteiger charge is 2.12. The van der Waals surface area contributed by atoms with E-state index in [9.17, 15) is 4.79 Å². The Balaban J connectivity index is 2.12. The molecule has 0 spiro atoms. The van der Waals surface area contributed by atoms with Gasteiger partial charge in [0.2, 0.25) is 5.75 Å². The summed E-state index contributed by atoms with van der Waals surface area (Å²) >= 11 is 0. The summed E-state index contributed by atoms with van der Waals surface area (Å²) in [7, 11) is 6.26. The van der Waals surface area contributed by atoms with Crippen molar-refractivity contribution < 1.29 is 23.7 Å². The molecular weight excluding hydrogens is 332 g/mol. The SMILES string of the molecule is COc1ccc(C=CC(=O)C=Cc2cc(OC)c(OC)c(OC)c2)cc1. The van der Waals surface area contributed by atoms with Crippen molar-refractivity contribution in [3.63, 3.8) is 0 Å². The molecule has 2 rings (SSSR count). The van der Waals surface area contributed by atoms with Gasteiger partial charge in [-0.05, 0) is 47.5 Å². The summed E-state index contributed by atoms with van der Waals surface area (Å²) in [6.07, 6.45) is 6.45. The Labute approximate surface area is 153 Å². The third-order valence-electron chi connectivity index (χ3n) is 3.68. The van der Waals surface area contributed by atoms with E-state index in [0.717, 1.165) is 16.9 Å². The molecule has 0 aliphatic carbocycles. The molecule has 0 heterocycles. The molecule has 2 aromatic rings. The van der Waals surface area contributed by atoms with Gasteiger partial charge in [0, 0.05) is 0 Å². The van der Waals surface area contributed by atoms with E-state index in [1.807, 2.05) is 24.3 Å². The van der Waals surface area contributed by atoms with Gasteiger partial charge in [-0.1, -0.05) is 24.3 Å². The second-order valence-corrected chi connectivity index (χ2v) is 5.30. The first kappa shape index (κ1) is 19.1. The maximum atomic E-state index is 12.1. The van der Waals surface area contributed by atoms with E-state index in [1.165, 1.54) is 12.2 Å². The summed E-state index contributed by atoms with van der Waals surface area (Å²) < 4.78 is 21.0. The predicted octanol–water partition coefficient (Wildman–Crippen LogP) is 4.02. The fourth-order valence-corrected chi connectivity index (χ4v) is 2.32. The van der Waals surface area contributed by atoms with Gasteiger partial charge in [-0.25, -0.2) is 0 Å². The topological polar surface area (TPSA) is 54.0 Å². The van der Waals surface area contributed by atoms with Crippen LogP contribution < -0.4 is 18.9 Å². The normalized spacial score (nSPS) is 10.9. The van der Waals surface area contributed by atoms with Crippen LogP contribution in [0.25, 0.3) is 12.2 Å². The van der Waals surface area contributed by atoms with E-state index in [2.05, 4.69) is 0 Å². The Kier molecular flexibility index (Phi) is 6.85. The zero-order valence-corrected chi connectivity index (χ0v) is 15.3. The highest BCUT2D eigenvalue weighted by Crippen LogP contribution is 2.38. The number of methoxy groups -OCH3 is 4. The van der Waals surface area contributed by atoms with E-state index in [0.29, 0.717) is 17.2 Å². The van der Waals surface area contributed by atoms with Crippen LogP contribution in [0.5, 0.6) is 23.0 Å². The van der Waals surface area contributed by atoms with Crippen molar-refractivity contribution in [1.29, 1.82) is 0 Å². The molecule has 0 aromatic heterocycles. The molecule has 0 aliphatic heterocycles. The standard InChI is InChI=1S/C21H22O5/c1-23-18-11-7-15(8-12-18)5-9-17(22)10-6-16-13-19(24-2)21(26-4)20(14-16)25-3/h5-14H,1-4H3. The smallest absolute Gasteiger partial charge is 0.203 e. The zero-order chi connectivity index (χ0) is 18.9. The van der Waals surface area contributed by atoms with Crippen molar-refractivity contribution in [2.45, 2.75) is 0 Å². The number of carbonyl (C=O) groups excluding carboxylic acids is 1. The summed E-state index contributed by atoms with van der Waals surface area (Å²) in [6.45, 7) is 0. The fraction of sp³-hybridized carbons (Fsp3) is 0.190. The Morgan fingerprint density at radius 2 is 1.27 bits per heavy atom. The van der Waals surface area contributed by atoms with Gasteiger partial charge in [0.05, 0.1) is 28.4 Å². The molecule has 0 amide bonds. The fourth-order valence-electron chi connectivity index (χ4n) is 2.32. The van der Waals surface area contributed by atoms with Crippen molar-refractivity contribution in [2.24, 2.45) is 0 Å². The van der Waals surface area contributed by atoms with Crippen molar-refractivity contribution in [2.75, 3.05) is 28.4 Å². The number of carbonyl (C=O) groups is 1. The van der Waals surface area contributed by atoms with Crippen molar-refractivity contribution in [3.05, 3.63) is 59.7 Å². The lowest BCUT2D eigenvalue weighted by Crippen LogP contribution is -1.95. The molecule has 136 valence electrons. The molecular formula is C21H22O5. The molecule has 0 saturated carbocycles. The second-order valence-electron chi connectivity index (χ2n) is 5.30. The van der Waals surface area contributed by atoms with E-state index in [4.69, 9.17) is 18.9 Å². The van der Waals surface area contributed by atoms with E-state index >= 15 is 0 Å². The van der Waals surface area contributed by atoms with Gasteiger partial charge in [-0.15, -0.1) is 0 Å². The lowest BCUT2D eigenvalue weighted by Gasteiger charge is -2.12. The molecule has 0 radical (unpaired) electrons. The van der Waals surface area contributed by atoms with Crippen molar-refractivity contribution in [3.8, 4) is 23.0 Å². The Hall–Kier alpha value is -3.21. The Morgan fingerprint density at radius 3 is 1.73 bits per heavy atom. The number of rotatable bonds is 8. The Morgan fingerprint density at radius 1 is 0.731 bits per heavy atom. The number of hydrogen-bond acceptors (Lipinski definition) is 5. The van der Waals surface area contributed by atoms with Crippen molar-refractivity contribution in [1.82, 2.24) is 0 Å². The van der Waals surface area contributed by atoms with Crippen LogP contribution in [0.15, 0.2) is 48.6 Å². The summed E-state index contributed by atoms with van der Waals surface area (Å²) in [5, 5.41) is 0. The van der Waals surface area contributed by atoms with Crippen LogP contribution in [-0.4, -0.2) is 34.2 Å². The lowest BCUT2D eigenvalue weighted by atomic mass is 10.1. The minimum Gasteiger partial charge on any atom is -0.497 e. The molecule has 0 fully saturated rings. The molecule has 0 atom stereocenters. The van der Waals surface area contributed by atoms with Crippen LogP contribution in [0, 0.1) is 0 Å². The maximum absolute atomic E-state index is 12.1. The van der Waals surface area contributed by atoms with Gasteiger partial charge < -0.3 is 18.9 Å². The molecule has 5 heteroatoms. The predicted molar refractivity (Wildman–Crippen MR) is 102 cm³/mol. The molecule has 0 aliphatic rings. The Bertz CT molecular complexity index is 779. The zero-order valence-electron chi connectivity index (χ0n) is 15.3. The minimum atomic E-state index is -0.130. The minimum absolute atomic E-state index is 0.130. The average molecular weight is 354 g/mol. The third kappa shape index (κ3) is 4.89. The largest absolute Gasteiger partial charge is 0.497 e. The first-order valence-electron chi connectivity index (χ1n) is 7.95. The molecule has 0 saturated heterocycles. The van der Waals surface area contributed by atoms with E-state index in [1.54, 1.807) is 52.7 Å². The summed E-state index contributed by atoms with van der Waals surface area (Å²) in [4.78, 5) is 12.1. The van der Waals surface area contributed by atoms with Crippen LogP contribution >= 0.6 is 0 Å². The highest BCUT2D eigenvalue weighted by molar-refractivity contribution is 6.04. The van der Waals surface area contributed by atoms with Gasteiger partial charge in [0.1, 0.15) is 5.75 Å². The first-order valence-corrected chi connectivity index (χ1v) is 7.95. The third-order valence-corrected chi connectivity index (χ3v) is 3.68. The monoisotopic (exact) mass is 354 g/mol. The van der Waals surface area contributed by atoms with Crippen LogP contribution in [-0.2, 0) is 4.79 Å². The number of ketones is 1. The highest BCUT2D eigenvalue weighted by atomic mass is 16.5. The number of allylic oxidation sites excluding steroid dienone is 2. The molecule has 2 aromatic carbocycles. The van der Waals surface area contributed by atoms with Crippen LogP contribution in [0.2, 0.25) is 0 Å². The molecule has 0 unspecified atom stereocenters. The van der Waals surface area contributed by atoms with Crippen LogP contribution in [0.1, 0.15) is 11.1 Å². The maximum Gasteiger partial charge on any atom is 0.203 e. The lowest BCUT2D eigenvalue weighted by molar-refractivity contribution is -0.110. The summed E-state index contributed by atoms with van der Waals surface area (Å²) in [5.41, 5.74) is 1.69. The second kappa shape index (κ2) is 9.32. The van der Waals surface area contributed by atoms with E-state index < -0.39 is 0 Å². The van der Waals surface area contributed by atoms with Gasteiger partial charge in [-0.3, -0.25) is 4.79 Å². The first-order chi connectivity index (χ1) is 12.6.